The minimum Gasteiger partial charge on any atom is -0.466 e. The summed E-state index contributed by atoms with van der Waals surface area (Å²) in [6.07, 6.45) is 1.51. The molecule has 0 unspecified atom stereocenters. The molecule has 144 valence electrons. The first-order valence-corrected chi connectivity index (χ1v) is 9.46. The van der Waals surface area contributed by atoms with Gasteiger partial charge in [0.25, 0.3) is 0 Å². The number of aryl methyl sites for hydroxylation is 2. The number of aromatic nitrogens is 1. The van der Waals surface area contributed by atoms with Gasteiger partial charge in [0, 0.05) is 18.7 Å². The van der Waals surface area contributed by atoms with E-state index in [1.165, 1.54) is 0 Å². The predicted octanol–water partition coefficient (Wildman–Crippen LogP) is 3.30. The third-order valence-electron chi connectivity index (χ3n) is 5.05. The van der Waals surface area contributed by atoms with Crippen molar-refractivity contribution in [1.82, 2.24) is 9.88 Å². The van der Waals surface area contributed by atoms with Gasteiger partial charge in [-0.2, -0.15) is 0 Å². The van der Waals surface area contributed by atoms with Crippen molar-refractivity contribution in [2.45, 2.75) is 40.0 Å². The lowest BCUT2D eigenvalue weighted by molar-refractivity contribution is -0.151. The number of amides is 1. The number of likely N-dealkylation sites (tertiary alicyclic amines) is 1. The van der Waals surface area contributed by atoms with E-state index in [1.54, 1.807) is 4.90 Å². The van der Waals surface area contributed by atoms with E-state index in [4.69, 9.17) is 9.15 Å². The van der Waals surface area contributed by atoms with Gasteiger partial charge in [0.2, 0.25) is 11.8 Å². The standard InChI is InChI=1S/C21H26N2O4/c1-4-26-21(25)16-9-11-23(12-10-16)19(24)13-18-15(3)27-20(22-18)17-8-6-5-7-14(17)2/h5-8,16H,4,9-13H2,1-3H3. The Kier molecular flexibility index (Phi) is 5.94. The summed E-state index contributed by atoms with van der Waals surface area (Å²) in [6, 6.07) is 7.89. The summed E-state index contributed by atoms with van der Waals surface area (Å²) >= 11 is 0. The zero-order chi connectivity index (χ0) is 19.4. The first kappa shape index (κ1) is 19.1. The molecular weight excluding hydrogens is 344 g/mol. The first-order valence-electron chi connectivity index (χ1n) is 9.46. The molecule has 6 heteroatoms. The SMILES string of the molecule is CCOC(=O)C1CCN(C(=O)Cc2nc(-c3ccccc3C)oc2C)CC1. The summed E-state index contributed by atoms with van der Waals surface area (Å²) in [5.41, 5.74) is 2.69. The van der Waals surface area contributed by atoms with Crippen molar-refractivity contribution in [2.75, 3.05) is 19.7 Å². The number of ether oxygens (including phenoxy) is 1. The van der Waals surface area contributed by atoms with E-state index in [2.05, 4.69) is 4.98 Å². The Balaban J connectivity index is 1.62. The van der Waals surface area contributed by atoms with Crippen LogP contribution in [0, 0.1) is 19.8 Å². The Morgan fingerprint density at radius 2 is 1.93 bits per heavy atom. The van der Waals surface area contributed by atoms with Gasteiger partial charge < -0.3 is 14.1 Å². The lowest BCUT2D eigenvalue weighted by atomic mass is 9.96. The number of nitrogens with zero attached hydrogens (tertiary/aromatic N) is 2. The van der Waals surface area contributed by atoms with E-state index in [9.17, 15) is 9.59 Å². The van der Waals surface area contributed by atoms with Gasteiger partial charge in [-0.1, -0.05) is 18.2 Å². The van der Waals surface area contributed by atoms with Crippen LogP contribution in [0.3, 0.4) is 0 Å². The highest BCUT2D eigenvalue weighted by Gasteiger charge is 2.29. The van der Waals surface area contributed by atoms with Crippen LogP contribution in [0.1, 0.15) is 36.8 Å². The maximum absolute atomic E-state index is 12.7. The number of hydrogen-bond acceptors (Lipinski definition) is 5. The second-order valence-electron chi connectivity index (χ2n) is 6.92. The Morgan fingerprint density at radius 1 is 1.22 bits per heavy atom. The normalized spacial score (nSPS) is 15.0. The molecule has 0 aliphatic carbocycles. The molecule has 6 nitrogen and oxygen atoms in total. The van der Waals surface area contributed by atoms with Gasteiger partial charge in [-0.25, -0.2) is 4.98 Å². The zero-order valence-corrected chi connectivity index (χ0v) is 16.2. The zero-order valence-electron chi connectivity index (χ0n) is 16.2. The minimum absolute atomic E-state index is 0.0186. The summed E-state index contributed by atoms with van der Waals surface area (Å²) in [7, 11) is 0. The van der Waals surface area contributed by atoms with E-state index >= 15 is 0 Å². The van der Waals surface area contributed by atoms with Gasteiger partial charge >= 0.3 is 5.97 Å². The van der Waals surface area contributed by atoms with Crippen molar-refractivity contribution >= 4 is 11.9 Å². The molecule has 1 saturated heterocycles. The average Bonchev–Trinajstić information content (AvgIpc) is 3.02. The lowest BCUT2D eigenvalue weighted by Crippen LogP contribution is -2.41. The van der Waals surface area contributed by atoms with Crippen molar-refractivity contribution in [1.29, 1.82) is 0 Å². The third-order valence-corrected chi connectivity index (χ3v) is 5.05. The molecule has 2 heterocycles. The van der Waals surface area contributed by atoms with E-state index in [0.29, 0.717) is 49.9 Å². The molecule has 1 aliphatic heterocycles. The summed E-state index contributed by atoms with van der Waals surface area (Å²) in [5, 5.41) is 0. The highest BCUT2D eigenvalue weighted by atomic mass is 16.5. The molecule has 0 radical (unpaired) electrons. The van der Waals surface area contributed by atoms with Crippen LogP contribution in [-0.2, 0) is 20.7 Å². The molecule has 1 aliphatic rings. The van der Waals surface area contributed by atoms with Crippen molar-refractivity contribution < 1.29 is 18.7 Å². The molecule has 1 fully saturated rings. The van der Waals surface area contributed by atoms with Crippen LogP contribution in [0.5, 0.6) is 0 Å². The Labute approximate surface area is 159 Å². The Hall–Kier alpha value is -2.63. The second kappa shape index (κ2) is 8.37. The summed E-state index contributed by atoms with van der Waals surface area (Å²) in [4.78, 5) is 30.8. The summed E-state index contributed by atoms with van der Waals surface area (Å²) < 4.78 is 10.9. The largest absolute Gasteiger partial charge is 0.466 e. The molecule has 0 spiro atoms. The van der Waals surface area contributed by atoms with Gasteiger partial charge in [0.1, 0.15) is 5.76 Å². The van der Waals surface area contributed by atoms with Gasteiger partial charge in [-0.05, 0) is 45.2 Å². The molecule has 2 aromatic rings. The van der Waals surface area contributed by atoms with Crippen molar-refractivity contribution in [3.63, 3.8) is 0 Å². The number of carbonyl (C=O) groups is 2. The van der Waals surface area contributed by atoms with Gasteiger partial charge in [-0.15, -0.1) is 0 Å². The molecule has 3 rings (SSSR count). The van der Waals surface area contributed by atoms with Crippen molar-refractivity contribution in [3.05, 3.63) is 41.3 Å². The fourth-order valence-corrected chi connectivity index (χ4v) is 3.40. The van der Waals surface area contributed by atoms with Crippen LogP contribution in [0.25, 0.3) is 11.5 Å². The molecular formula is C21H26N2O4. The van der Waals surface area contributed by atoms with E-state index < -0.39 is 0 Å². The third kappa shape index (κ3) is 4.38. The van der Waals surface area contributed by atoms with Crippen LogP contribution in [0.4, 0.5) is 0 Å². The van der Waals surface area contributed by atoms with Gasteiger partial charge in [0.05, 0.1) is 24.6 Å². The van der Waals surface area contributed by atoms with Gasteiger partial charge in [0.15, 0.2) is 0 Å². The second-order valence-corrected chi connectivity index (χ2v) is 6.92. The van der Waals surface area contributed by atoms with Crippen LogP contribution >= 0.6 is 0 Å². The number of piperidine rings is 1. The molecule has 0 N–H and O–H groups in total. The first-order chi connectivity index (χ1) is 13.0. The van der Waals surface area contributed by atoms with Gasteiger partial charge in [-0.3, -0.25) is 9.59 Å². The van der Waals surface area contributed by atoms with E-state index in [1.807, 2.05) is 45.0 Å². The molecule has 27 heavy (non-hydrogen) atoms. The predicted molar refractivity (Wildman–Crippen MR) is 101 cm³/mol. The number of carbonyl (C=O) groups excluding carboxylic acids is 2. The van der Waals surface area contributed by atoms with Crippen LogP contribution in [0.15, 0.2) is 28.7 Å². The molecule has 1 aromatic carbocycles. The molecule has 0 atom stereocenters. The number of benzene rings is 1. The average molecular weight is 370 g/mol. The monoisotopic (exact) mass is 370 g/mol. The number of rotatable bonds is 5. The minimum atomic E-state index is -0.153. The van der Waals surface area contributed by atoms with Crippen LogP contribution in [0.2, 0.25) is 0 Å². The fraction of sp³-hybridized carbons (Fsp3) is 0.476. The van der Waals surface area contributed by atoms with E-state index in [0.717, 1.165) is 11.1 Å². The summed E-state index contributed by atoms with van der Waals surface area (Å²) in [6.45, 7) is 7.19. The highest BCUT2D eigenvalue weighted by molar-refractivity contribution is 5.79. The smallest absolute Gasteiger partial charge is 0.309 e. The van der Waals surface area contributed by atoms with Crippen LogP contribution in [-0.4, -0.2) is 41.5 Å². The maximum atomic E-state index is 12.7. The van der Waals surface area contributed by atoms with Crippen molar-refractivity contribution in [3.8, 4) is 11.5 Å². The van der Waals surface area contributed by atoms with E-state index in [-0.39, 0.29) is 24.2 Å². The number of esters is 1. The quantitative estimate of drug-likeness (QED) is 0.755. The topological polar surface area (TPSA) is 72.6 Å². The van der Waals surface area contributed by atoms with Crippen LogP contribution < -0.4 is 0 Å². The lowest BCUT2D eigenvalue weighted by Gasteiger charge is -2.30. The maximum Gasteiger partial charge on any atom is 0.309 e. The summed E-state index contributed by atoms with van der Waals surface area (Å²) in [5.74, 6) is 0.984. The fourth-order valence-electron chi connectivity index (χ4n) is 3.40. The number of hydrogen-bond donors (Lipinski definition) is 0. The number of oxazole rings is 1. The Morgan fingerprint density at radius 3 is 2.59 bits per heavy atom. The molecule has 1 amide bonds. The highest BCUT2D eigenvalue weighted by Crippen LogP contribution is 2.25. The molecule has 0 saturated carbocycles. The Bertz CT molecular complexity index is 819. The molecule has 0 bridgehead atoms. The molecule has 1 aromatic heterocycles. The van der Waals surface area contributed by atoms with Crippen molar-refractivity contribution in [2.24, 2.45) is 5.92 Å².